The molecule has 1 aliphatic rings. The van der Waals surface area contributed by atoms with Crippen LogP contribution < -0.4 is 15.4 Å². The Morgan fingerprint density at radius 2 is 2.03 bits per heavy atom. The number of alkyl halides is 3. The Hall–Kier alpha value is -1.63. The van der Waals surface area contributed by atoms with Gasteiger partial charge in [0, 0.05) is 37.2 Å². The van der Waals surface area contributed by atoms with E-state index < -0.39 is 11.9 Å². The van der Waals surface area contributed by atoms with E-state index in [9.17, 15) is 13.2 Å². The summed E-state index contributed by atoms with van der Waals surface area (Å²) in [5.41, 5.74) is 0.108. The largest absolute Gasteiger partial charge is 0.474 e. The van der Waals surface area contributed by atoms with Gasteiger partial charge in [-0.25, -0.2) is 15.0 Å². The normalized spacial score (nSPS) is 14.9. The lowest BCUT2D eigenvalue weighted by atomic mass is 10.3. The Bertz CT molecular complexity index is 823. The number of hydrogen-bond acceptors (Lipinski definition) is 5. The van der Waals surface area contributed by atoms with E-state index in [0.717, 1.165) is 35.1 Å². The number of hydrogen-bond donors (Lipinski definition) is 2. The Morgan fingerprint density at radius 1 is 1.26 bits per heavy atom. The summed E-state index contributed by atoms with van der Waals surface area (Å²) in [7, 11) is 0. The van der Waals surface area contributed by atoms with Gasteiger partial charge in [-0.15, -0.1) is 35.3 Å². The maximum Gasteiger partial charge on any atom is 0.434 e. The van der Waals surface area contributed by atoms with Crippen LogP contribution in [0.2, 0.25) is 0 Å². The number of thiazole rings is 1. The molecule has 0 aromatic carbocycles. The number of aliphatic imine (C=N–C) groups is 1. The smallest absolute Gasteiger partial charge is 0.434 e. The highest BCUT2D eigenvalue weighted by Crippen LogP contribution is 2.30. The Morgan fingerprint density at radius 3 is 2.65 bits per heavy atom. The third-order valence-corrected chi connectivity index (χ3v) is 5.53. The third kappa shape index (κ3) is 8.43. The second kappa shape index (κ2) is 12.4. The SMILES string of the molecule is CCNC(=NCc1ccc(OC2CCCC2)nc1)NCCc1nc(C(F)(F)F)cs1.I. The van der Waals surface area contributed by atoms with E-state index in [0.29, 0.717) is 42.9 Å². The van der Waals surface area contributed by atoms with E-state index in [1.807, 2.05) is 19.1 Å². The van der Waals surface area contributed by atoms with Crippen molar-refractivity contribution in [1.29, 1.82) is 0 Å². The quantitative estimate of drug-likeness (QED) is 0.272. The minimum atomic E-state index is -4.40. The average molecular weight is 569 g/mol. The monoisotopic (exact) mass is 569 g/mol. The summed E-state index contributed by atoms with van der Waals surface area (Å²) in [5.74, 6) is 1.23. The summed E-state index contributed by atoms with van der Waals surface area (Å²) in [6.07, 6.45) is 2.62. The molecule has 2 heterocycles. The zero-order valence-electron chi connectivity index (χ0n) is 17.2. The second-order valence-corrected chi connectivity index (χ2v) is 7.97. The molecule has 0 radical (unpaired) electrons. The topological polar surface area (TPSA) is 71.4 Å². The van der Waals surface area contributed by atoms with Crippen molar-refractivity contribution in [1.82, 2.24) is 20.6 Å². The van der Waals surface area contributed by atoms with Gasteiger partial charge in [0.15, 0.2) is 11.7 Å². The molecule has 0 bridgehead atoms. The van der Waals surface area contributed by atoms with Crippen LogP contribution >= 0.6 is 35.3 Å². The van der Waals surface area contributed by atoms with Crippen LogP contribution in [-0.4, -0.2) is 35.1 Å². The standard InChI is InChI=1S/C20H26F3N5OS.HI/c1-2-24-19(25-10-9-18-28-16(13-30-18)20(21,22)23)27-12-14-7-8-17(26-11-14)29-15-5-3-4-6-15;/h7-8,11,13,15H,2-6,9-10,12H2,1H3,(H2,24,25,27);1H. The van der Waals surface area contributed by atoms with E-state index in [1.54, 1.807) is 6.20 Å². The zero-order chi connectivity index (χ0) is 21.4. The number of guanidine groups is 1. The second-order valence-electron chi connectivity index (χ2n) is 7.03. The van der Waals surface area contributed by atoms with E-state index in [4.69, 9.17) is 4.74 Å². The maximum atomic E-state index is 12.6. The summed E-state index contributed by atoms with van der Waals surface area (Å²) >= 11 is 1.01. The molecule has 0 amide bonds. The summed E-state index contributed by atoms with van der Waals surface area (Å²) in [6.45, 7) is 3.49. The van der Waals surface area contributed by atoms with Crippen molar-refractivity contribution in [2.45, 2.75) is 57.9 Å². The van der Waals surface area contributed by atoms with Gasteiger partial charge in [0.1, 0.15) is 6.10 Å². The molecule has 0 saturated heterocycles. The van der Waals surface area contributed by atoms with Gasteiger partial charge in [0.25, 0.3) is 0 Å². The predicted molar refractivity (Wildman–Crippen MR) is 126 cm³/mol. The number of nitrogens with one attached hydrogen (secondary N) is 2. The number of halogens is 4. The summed E-state index contributed by atoms with van der Waals surface area (Å²) in [5, 5.41) is 7.73. The molecule has 1 fully saturated rings. The van der Waals surface area contributed by atoms with Gasteiger partial charge in [-0.3, -0.25) is 0 Å². The van der Waals surface area contributed by atoms with Crippen molar-refractivity contribution < 1.29 is 17.9 Å². The van der Waals surface area contributed by atoms with Crippen LogP contribution in [0.15, 0.2) is 28.7 Å². The van der Waals surface area contributed by atoms with Gasteiger partial charge in [0.05, 0.1) is 11.6 Å². The zero-order valence-corrected chi connectivity index (χ0v) is 20.4. The molecule has 2 aromatic rings. The van der Waals surface area contributed by atoms with E-state index in [1.165, 1.54) is 12.8 Å². The fourth-order valence-electron chi connectivity index (χ4n) is 3.11. The number of aromatic nitrogens is 2. The molecule has 0 aliphatic heterocycles. The summed E-state index contributed by atoms with van der Waals surface area (Å²) < 4.78 is 43.7. The molecule has 6 nitrogen and oxygen atoms in total. The maximum absolute atomic E-state index is 12.6. The molecule has 11 heteroatoms. The highest BCUT2D eigenvalue weighted by atomic mass is 127. The van der Waals surface area contributed by atoms with Crippen LogP contribution in [0.1, 0.15) is 48.9 Å². The molecule has 1 saturated carbocycles. The fraction of sp³-hybridized carbons (Fsp3) is 0.550. The first-order chi connectivity index (χ1) is 14.4. The van der Waals surface area contributed by atoms with Crippen molar-refractivity contribution in [3.8, 4) is 5.88 Å². The first kappa shape index (κ1) is 25.6. The number of ether oxygens (including phenoxy) is 1. The molecule has 2 aromatic heterocycles. The van der Waals surface area contributed by atoms with Crippen LogP contribution in [0, 0.1) is 0 Å². The Balaban J connectivity index is 0.00000341. The van der Waals surface area contributed by atoms with Crippen LogP contribution in [0.25, 0.3) is 0 Å². The highest BCUT2D eigenvalue weighted by molar-refractivity contribution is 14.0. The van der Waals surface area contributed by atoms with Crippen LogP contribution in [-0.2, 0) is 19.1 Å². The van der Waals surface area contributed by atoms with Crippen LogP contribution in [0.4, 0.5) is 13.2 Å². The average Bonchev–Trinajstić information content (AvgIpc) is 3.39. The van der Waals surface area contributed by atoms with E-state index >= 15 is 0 Å². The van der Waals surface area contributed by atoms with Crippen molar-refractivity contribution in [2.24, 2.45) is 4.99 Å². The molecule has 3 rings (SSSR count). The van der Waals surface area contributed by atoms with Crippen molar-refractivity contribution in [3.05, 3.63) is 40.0 Å². The summed E-state index contributed by atoms with van der Waals surface area (Å²) in [6, 6.07) is 3.81. The van der Waals surface area contributed by atoms with Gasteiger partial charge in [-0.1, -0.05) is 6.07 Å². The minimum Gasteiger partial charge on any atom is -0.474 e. The van der Waals surface area contributed by atoms with Gasteiger partial charge in [-0.2, -0.15) is 13.2 Å². The number of pyridine rings is 1. The van der Waals surface area contributed by atoms with Gasteiger partial charge in [-0.05, 0) is 38.2 Å². The molecule has 0 spiro atoms. The molecule has 0 atom stereocenters. The first-order valence-electron chi connectivity index (χ1n) is 10.1. The molecular weight excluding hydrogens is 542 g/mol. The number of nitrogens with zero attached hydrogens (tertiary/aromatic N) is 3. The predicted octanol–water partition coefficient (Wildman–Crippen LogP) is 4.79. The first-order valence-corrected chi connectivity index (χ1v) is 11.0. The van der Waals surface area contributed by atoms with Crippen LogP contribution in [0.3, 0.4) is 0 Å². The minimum absolute atomic E-state index is 0. The lowest BCUT2D eigenvalue weighted by molar-refractivity contribution is -0.140. The van der Waals surface area contributed by atoms with Crippen LogP contribution in [0.5, 0.6) is 5.88 Å². The van der Waals surface area contributed by atoms with Gasteiger partial charge >= 0.3 is 6.18 Å². The van der Waals surface area contributed by atoms with Crippen molar-refractivity contribution in [3.63, 3.8) is 0 Å². The third-order valence-electron chi connectivity index (χ3n) is 4.62. The lowest BCUT2D eigenvalue weighted by Crippen LogP contribution is -2.38. The Labute approximate surface area is 201 Å². The highest BCUT2D eigenvalue weighted by Gasteiger charge is 2.33. The Kier molecular flexibility index (Phi) is 10.3. The molecule has 172 valence electrons. The van der Waals surface area contributed by atoms with Gasteiger partial charge in [0.2, 0.25) is 5.88 Å². The van der Waals surface area contributed by atoms with E-state index in [-0.39, 0.29) is 30.1 Å². The molecular formula is C20H27F3IN5OS. The van der Waals surface area contributed by atoms with Crippen molar-refractivity contribution >= 4 is 41.3 Å². The van der Waals surface area contributed by atoms with E-state index in [2.05, 4.69) is 25.6 Å². The fourth-order valence-corrected chi connectivity index (χ4v) is 3.91. The van der Waals surface area contributed by atoms with Crippen molar-refractivity contribution in [2.75, 3.05) is 13.1 Å². The molecule has 1 aliphatic carbocycles. The molecule has 31 heavy (non-hydrogen) atoms. The number of rotatable bonds is 8. The molecule has 0 unspecified atom stereocenters. The van der Waals surface area contributed by atoms with Gasteiger partial charge < -0.3 is 15.4 Å². The molecule has 2 N–H and O–H groups in total. The lowest BCUT2D eigenvalue weighted by Gasteiger charge is -2.12. The summed E-state index contributed by atoms with van der Waals surface area (Å²) in [4.78, 5) is 12.5.